The predicted octanol–water partition coefficient (Wildman–Crippen LogP) is 4.73. The van der Waals surface area contributed by atoms with Crippen LogP contribution >= 0.6 is 23.2 Å². The fraction of sp³-hybridized carbons (Fsp3) is 0.560. The molecule has 3 aliphatic heterocycles. The highest BCUT2D eigenvalue weighted by molar-refractivity contribution is 7.89. The van der Waals surface area contributed by atoms with Gasteiger partial charge < -0.3 is 4.74 Å². The van der Waals surface area contributed by atoms with E-state index in [1.807, 2.05) is 12.1 Å². The van der Waals surface area contributed by atoms with Crippen molar-refractivity contribution in [2.24, 2.45) is 0 Å². The van der Waals surface area contributed by atoms with Crippen LogP contribution in [0.4, 0.5) is 0 Å². The van der Waals surface area contributed by atoms with Gasteiger partial charge in [-0.05, 0) is 62.8 Å². The summed E-state index contributed by atoms with van der Waals surface area (Å²) < 4.78 is 62.7. The minimum Gasteiger partial charge on any atom is -0.490 e. The second-order valence-corrected chi connectivity index (χ2v) is 14.7. The van der Waals surface area contributed by atoms with Gasteiger partial charge in [0.15, 0.2) is 0 Å². The van der Waals surface area contributed by atoms with E-state index in [4.69, 9.17) is 27.9 Å². The zero-order valence-electron chi connectivity index (χ0n) is 20.4. The molecular formula is C25H31Cl2N3O5S2. The third-order valence-electron chi connectivity index (χ3n) is 7.66. The highest BCUT2D eigenvalue weighted by Crippen LogP contribution is 2.40. The maximum atomic E-state index is 13.4. The number of fused-ring (bicyclic) bond motifs is 2. The molecule has 0 spiro atoms. The molecule has 4 heterocycles. The van der Waals surface area contributed by atoms with Gasteiger partial charge in [-0.3, -0.25) is 4.98 Å². The molecule has 12 heteroatoms. The molecule has 0 saturated carbocycles. The predicted molar refractivity (Wildman–Crippen MR) is 143 cm³/mol. The summed E-state index contributed by atoms with van der Waals surface area (Å²) in [5, 5.41) is 0.207. The summed E-state index contributed by atoms with van der Waals surface area (Å²) in [7, 11) is -7.29. The van der Waals surface area contributed by atoms with Gasteiger partial charge in [-0.15, -0.1) is 0 Å². The smallest absolute Gasteiger partial charge is 0.244 e. The molecule has 0 aliphatic carbocycles. The molecule has 0 radical (unpaired) electrons. The fourth-order valence-corrected chi connectivity index (χ4v) is 10.6. The van der Waals surface area contributed by atoms with Crippen LogP contribution in [0.3, 0.4) is 0 Å². The van der Waals surface area contributed by atoms with E-state index in [2.05, 4.69) is 4.98 Å². The highest BCUT2D eigenvalue weighted by atomic mass is 35.5. The lowest BCUT2D eigenvalue weighted by Gasteiger charge is -2.38. The molecule has 2 bridgehead atoms. The molecular weight excluding hydrogens is 557 g/mol. The van der Waals surface area contributed by atoms with Crippen molar-refractivity contribution in [3.63, 3.8) is 0 Å². The zero-order chi connectivity index (χ0) is 26.2. The van der Waals surface area contributed by atoms with Gasteiger partial charge in [0.05, 0.1) is 15.8 Å². The maximum absolute atomic E-state index is 13.4. The molecule has 2 unspecified atom stereocenters. The number of halogens is 2. The number of rotatable bonds is 9. The molecule has 3 atom stereocenters. The number of ether oxygens (including phenoxy) is 1. The summed E-state index contributed by atoms with van der Waals surface area (Å²) in [6, 6.07) is 7.85. The first-order valence-corrected chi connectivity index (χ1v) is 16.5. The van der Waals surface area contributed by atoms with Crippen LogP contribution in [0.5, 0.6) is 5.75 Å². The van der Waals surface area contributed by atoms with E-state index in [9.17, 15) is 16.8 Å². The zero-order valence-corrected chi connectivity index (χ0v) is 23.5. The molecule has 1 aromatic heterocycles. The molecule has 8 nitrogen and oxygen atoms in total. The van der Waals surface area contributed by atoms with Crippen LogP contribution in [0, 0.1) is 0 Å². The molecule has 2 aromatic rings. The standard InChI is InChI=1S/C25H31Cl2N3O5S2/c26-23-6-1-7-24(25(23)27)37(33,34)29-14-2-4-18(29)5-3-15-36(31,32)30-19-8-9-20(30)17-22(16-19)35-21-10-12-28-13-11-21/h1,6-7,10-13,18-20,22H,2-5,8-9,14-17H2/t18-,19?,20?,22?/m0/s1. The van der Waals surface area contributed by atoms with Crippen molar-refractivity contribution in [3.8, 4) is 5.75 Å². The van der Waals surface area contributed by atoms with Gasteiger partial charge >= 0.3 is 0 Å². The molecule has 37 heavy (non-hydrogen) atoms. The first-order chi connectivity index (χ1) is 17.7. The van der Waals surface area contributed by atoms with Gasteiger partial charge in [-0.2, -0.15) is 8.61 Å². The molecule has 202 valence electrons. The van der Waals surface area contributed by atoms with E-state index < -0.39 is 20.0 Å². The normalized spacial score (nSPS) is 27.0. The summed E-state index contributed by atoms with van der Waals surface area (Å²) >= 11 is 12.3. The molecule has 3 fully saturated rings. The third kappa shape index (κ3) is 5.65. The van der Waals surface area contributed by atoms with E-state index in [0.29, 0.717) is 38.6 Å². The van der Waals surface area contributed by atoms with E-state index in [-0.39, 0.29) is 44.9 Å². The van der Waals surface area contributed by atoms with Gasteiger partial charge in [0, 0.05) is 49.9 Å². The number of nitrogens with zero attached hydrogens (tertiary/aromatic N) is 3. The lowest BCUT2D eigenvalue weighted by atomic mass is 10.0. The first-order valence-electron chi connectivity index (χ1n) is 12.7. The molecule has 3 saturated heterocycles. The number of aromatic nitrogens is 1. The van der Waals surface area contributed by atoms with Gasteiger partial charge in [0.1, 0.15) is 16.7 Å². The minimum atomic E-state index is -3.83. The second kappa shape index (κ2) is 11.0. The van der Waals surface area contributed by atoms with Crippen LogP contribution < -0.4 is 4.74 Å². The molecule has 3 aliphatic rings. The summed E-state index contributed by atoms with van der Waals surface area (Å²) in [5.41, 5.74) is 0. The van der Waals surface area contributed by atoms with Gasteiger partial charge in [-0.25, -0.2) is 16.8 Å². The summed E-state index contributed by atoms with van der Waals surface area (Å²) in [4.78, 5) is 4.00. The van der Waals surface area contributed by atoms with Crippen molar-refractivity contribution in [2.75, 3.05) is 12.3 Å². The number of hydrogen-bond donors (Lipinski definition) is 0. The van der Waals surface area contributed by atoms with Crippen molar-refractivity contribution in [3.05, 3.63) is 52.8 Å². The maximum Gasteiger partial charge on any atom is 0.244 e. The molecule has 0 N–H and O–H groups in total. The minimum absolute atomic E-state index is 0.00498. The average molecular weight is 589 g/mol. The van der Waals surface area contributed by atoms with E-state index in [1.165, 1.54) is 10.4 Å². The Bertz CT molecular complexity index is 1310. The SMILES string of the molecule is O=S(=O)(CCC[C@@H]1CCCN1S(=O)(=O)c1cccc(Cl)c1Cl)N1C2CCC1CC(Oc1ccncc1)C2. The van der Waals surface area contributed by atoms with Crippen molar-refractivity contribution < 1.29 is 21.6 Å². The second-order valence-electron chi connectivity index (χ2n) is 10.0. The number of pyridine rings is 1. The highest BCUT2D eigenvalue weighted by Gasteiger charge is 2.47. The van der Waals surface area contributed by atoms with Crippen molar-refractivity contribution in [1.29, 1.82) is 0 Å². The van der Waals surface area contributed by atoms with Crippen molar-refractivity contribution >= 4 is 43.2 Å². The van der Waals surface area contributed by atoms with Crippen LogP contribution in [0.15, 0.2) is 47.6 Å². The third-order valence-corrected chi connectivity index (χ3v) is 12.6. The van der Waals surface area contributed by atoms with Crippen LogP contribution in [-0.2, 0) is 20.0 Å². The molecule has 5 rings (SSSR count). The van der Waals surface area contributed by atoms with Gasteiger partial charge in [0.2, 0.25) is 20.0 Å². The Labute approximate surface area is 229 Å². The average Bonchev–Trinajstić information content (AvgIpc) is 3.45. The summed E-state index contributed by atoms with van der Waals surface area (Å²) in [6.07, 6.45) is 8.69. The van der Waals surface area contributed by atoms with E-state index in [1.54, 1.807) is 28.8 Å². The topological polar surface area (TPSA) is 96.9 Å². The van der Waals surface area contributed by atoms with Crippen LogP contribution in [0.2, 0.25) is 10.0 Å². The quantitative estimate of drug-likeness (QED) is 0.421. The van der Waals surface area contributed by atoms with Crippen molar-refractivity contribution in [2.45, 2.75) is 80.5 Å². The summed E-state index contributed by atoms with van der Waals surface area (Å²) in [5.74, 6) is 0.767. The Morgan fingerprint density at radius 1 is 0.973 bits per heavy atom. The fourth-order valence-electron chi connectivity index (χ4n) is 6.07. The van der Waals surface area contributed by atoms with E-state index >= 15 is 0 Å². The first kappa shape index (κ1) is 27.1. The largest absolute Gasteiger partial charge is 0.490 e. The Kier molecular flexibility index (Phi) is 8.06. The number of hydrogen-bond acceptors (Lipinski definition) is 6. The van der Waals surface area contributed by atoms with E-state index in [0.717, 1.165) is 25.0 Å². The van der Waals surface area contributed by atoms with Gasteiger partial charge in [0.25, 0.3) is 0 Å². The monoisotopic (exact) mass is 587 g/mol. The van der Waals surface area contributed by atoms with Crippen LogP contribution in [0.25, 0.3) is 0 Å². The van der Waals surface area contributed by atoms with Crippen LogP contribution in [0.1, 0.15) is 51.4 Å². The lowest BCUT2D eigenvalue weighted by molar-refractivity contribution is 0.0956. The Hall–Kier alpha value is -1.43. The number of piperidine rings is 1. The molecule has 0 amide bonds. The Morgan fingerprint density at radius 3 is 2.38 bits per heavy atom. The summed E-state index contributed by atoms with van der Waals surface area (Å²) in [6.45, 7) is 0.387. The number of benzene rings is 1. The Balaban J connectivity index is 1.19. The molecule has 1 aromatic carbocycles. The Morgan fingerprint density at radius 2 is 1.68 bits per heavy atom. The lowest BCUT2D eigenvalue weighted by Crippen LogP contribution is -2.50. The number of sulfonamides is 2. The van der Waals surface area contributed by atoms with Crippen LogP contribution in [-0.4, -0.2) is 67.0 Å². The van der Waals surface area contributed by atoms with Gasteiger partial charge in [-0.1, -0.05) is 29.3 Å². The van der Waals surface area contributed by atoms with Crippen molar-refractivity contribution in [1.82, 2.24) is 13.6 Å².